The Morgan fingerprint density at radius 3 is 1.14 bits per heavy atom. The first kappa shape index (κ1) is 52.8. The maximum absolute atomic E-state index is 12.2. The smallest absolute Gasteiger partial charge is 0.220 e. The van der Waals surface area contributed by atoms with Crippen molar-refractivity contribution < 1.29 is 15.0 Å². The van der Waals surface area contributed by atoms with E-state index in [1.165, 1.54) is 57.8 Å². The quantitative estimate of drug-likeness (QED) is 0.0430. The van der Waals surface area contributed by atoms with E-state index in [-0.39, 0.29) is 12.5 Å². The summed E-state index contributed by atoms with van der Waals surface area (Å²) in [6, 6.07) is -0.541. The summed E-state index contributed by atoms with van der Waals surface area (Å²) >= 11 is 0. The minimum Gasteiger partial charge on any atom is -0.394 e. The van der Waals surface area contributed by atoms with Crippen LogP contribution in [0.4, 0.5) is 0 Å². The number of rotatable bonds is 39. The van der Waals surface area contributed by atoms with Crippen molar-refractivity contribution in [2.24, 2.45) is 0 Å². The van der Waals surface area contributed by atoms with Gasteiger partial charge in [-0.1, -0.05) is 206 Å². The van der Waals surface area contributed by atoms with E-state index in [1.807, 2.05) is 0 Å². The van der Waals surface area contributed by atoms with Crippen molar-refractivity contribution >= 4 is 5.91 Å². The topological polar surface area (TPSA) is 69.6 Å². The summed E-state index contributed by atoms with van der Waals surface area (Å²) in [7, 11) is 0. The molecule has 1 amide bonds. The minimum atomic E-state index is -0.664. The first-order valence-corrected chi connectivity index (χ1v) is 22.7. The maximum Gasteiger partial charge on any atom is 0.220 e. The monoisotopic (exact) mass is 772 g/mol. The zero-order valence-corrected chi connectivity index (χ0v) is 36.1. The van der Waals surface area contributed by atoms with E-state index >= 15 is 0 Å². The second-order valence-electron chi connectivity index (χ2n) is 14.7. The molecule has 0 aliphatic rings. The molecule has 4 heteroatoms. The number of nitrogens with one attached hydrogen (secondary N) is 1. The Bertz CT molecular complexity index is 1150. The van der Waals surface area contributed by atoms with Crippen LogP contribution in [0.15, 0.2) is 122 Å². The molecule has 0 saturated carbocycles. The van der Waals surface area contributed by atoms with E-state index in [0.29, 0.717) is 12.8 Å². The van der Waals surface area contributed by atoms with Crippen LogP contribution in [0.3, 0.4) is 0 Å². The number of amides is 1. The summed E-state index contributed by atoms with van der Waals surface area (Å²) in [5.41, 5.74) is 0. The zero-order valence-electron chi connectivity index (χ0n) is 36.1. The van der Waals surface area contributed by atoms with Crippen LogP contribution in [0.2, 0.25) is 0 Å². The summed E-state index contributed by atoms with van der Waals surface area (Å²) in [6.07, 6.45) is 72.1. The first-order valence-electron chi connectivity index (χ1n) is 22.7. The highest BCUT2D eigenvalue weighted by Gasteiger charge is 2.19. The average Bonchev–Trinajstić information content (AvgIpc) is 3.20. The largest absolute Gasteiger partial charge is 0.394 e. The van der Waals surface area contributed by atoms with Gasteiger partial charge in [0.2, 0.25) is 5.91 Å². The Hall–Kier alpha value is -3.21. The highest BCUT2D eigenvalue weighted by molar-refractivity contribution is 5.76. The van der Waals surface area contributed by atoms with Gasteiger partial charge in [0, 0.05) is 6.42 Å². The molecule has 2 unspecified atom stereocenters. The summed E-state index contributed by atoms with van der Waals surface area (Å²) < 4.78 is 0. The van der Waals surface area contributed by atoms with Gasteiger partial charge in [0.25, 0.3) is 0 Å². The predicted octanol–water partition coefficient (Wildman–Crippen LogP) is 14.6. The van der Waals surface area contributed by atoms with Crippen LogP contribution in [-0.2, 0) is 4.79 Å². The van der Waals surface area contributed by atoms with E-state index in [9.17, 15) is 15.0 Å². The van der Waals surface area contributed by atoms with Crippen molar-refractivity contribution in [2.75, 3.05) is 6.61 Å². The molecular formula is C52H85NO3. The zero-order chi connectivity index (χ0) is 40.7. The molecule has 0 heterocycles. The van der Waals surface area contributed by atoms with Crippen LogP contribution in [0.1, 0.15) is 181 Å². The lowest BCUT2D eigenvalue weighted by Crippen LogP contribution is -2.45. The molecule has 0 spiro atoms. The second-order valence-corrected chi connectivity index (χ2v) is 14.7. The molecule has 0 radical (unpaired) electrons. The predicted molar refractivity (Wildman–Crippen MR) is 248 cm³/mol. The van der Waals surface area contributed by atoms with Crippen molar-refractivity contribution in [3.05, 3.63) is 122 Å². The number of allylic oxidation sites excluding steroid dienone is 20. The molecule has 0 bridgehead atoms. The van der Waals surface area contributed by atoms with Crippen molar-refractivity contribution in [2.45, 2.75) is 193 Å². The third kappa shape index (κ3) is 41.9. The third-order valence-electron chi connectivity index (χ3n) is 9.49. The Labute approximate surface area is 346 Å². The van der Waals surface area contributed by atoms with Gasteiger partial charge in [0.15, 0.2) is 0 Å². The van der Waals surface area contributed by atoms with Crippen LogP contribution in [0, 0.1) is 0 Å². The van der Waals surface area contributed by atoms with E-state index in [1.54, 1.807) is 0 Å². The fraction of sp³-hybridized carbons (Fsp3) is 0.596. The normalized spacial score (nSPS) is 14.1. The lowest BCUT2D eigenvalue weighted by molar-refractivity contribution is -0.123. The van der Waals surface area contributed by atoms with Gasteiger partial charge in [-0.05, 0) is 89.9 Å². The molecule has 0 aliphatic heterocycles. The van der Waals surface area contributed by atoms with Gasteiger partial charge in [-0.2, -0.15) is 0 Å². The molecular weight excluding hydrogens is 687 g/mol. The van der Waals surface area contributed by atoms with E-state index in [0.717, 1.165) is 96.3 Å². The fourth-order valence-corrected chi connectivity index (χ4v) is 6.03. The van der Waals surface area contributed by atoms with Crippen LogP contribution >= 0.6 is 0 Å². The Morgan fingerprint density at radius 1 is 0.446 bits per heavy atom. The molecule has 0 rings (SSSR count). The molecule has 56 heavy (non-hydrogen) atoms. The summed E-state index contributed by atoms with van der Waals surface area (Å²) in [5, 5.41) is 22.6. The number of unbranched alkanes of at least 4 members (excludes halogenated alkanes) is 12. The second kappa shape index (κ2) is 46.2. The standard InChI is InChI=1S/C52H85NO3/c1-3-5-7-8-9-10-11-12-13-14-15-16-17-18-19-20-21-22-23-24-25-26-27-28-29-30-31-32-33-34-35-36-37-38-39-40-41-42-43-44-46-48-52(56)53-50(49-54)51(55)47-45-6-4-2/h5,7,9-10,12-13,15-16,18-19,21-22,24-25,27-28,30-31,33-34,50-51,54-55H,3-4,6,8,11,14,17,20,23,26,29,32,35-49H2,1-2H3,(H,53,56)/b7-5-,10-9-,13-12-,16-15-,19-18-,22-21-,25-24-,28-27-,31-30-,34-33-. The molecule has 0 aromatic heterocycles. The highest BCUT2D eigenvalue weighted by atomic mass is 16.3. The summed E-state index contributed by atoms with van der Waals surface area (Å²) in [6.45, 7) is 4.08. The SMILES string of the molecule is CC/C=C\C/C=C\C/C=C\C/C=C\C/C=C\C/C=C\C/C=C\C/C=C\C/C=C\C/C=C\CCCCCCCCCCCCC(=O)NC(CO)C(O)CCCCC. The van der Waals surface area contributed by atoms with Gasteiger partial charge in [-0.25, -0.2) is 0 Å². The van der Waals surface area contributed by atoms with Crippen molar-refractivity contribution in [3.8, 4) is 0 Å². The molecule has 0 fully saturated rings. The van der Waals surface area contributed by atoms with Crippen LogP contribution in [0.25, 0.3) is 0 Å². The molecule has 0 aromatic rings. The highest BCUT2D eigenvalue weighted by Crippen LogP contribution is 2.13. The van der Waals surface area contributed by atoms with Gasteiger partial charge in [0.05, 0.1) is 18.8 Å². The van der Waals surface area contributed by atoms with Gasteiger partial charge in [0.1, 0.15) is 0 Å². The van der Waals surface area contributed by atoms with Gasteiger partial charge >= 0.3 is 0 Å². The van der Waals surface area contributed by atoms with E-state index in [2.05, 4.69) is 141 Å². The maximum atomic E-state index is 12.2. The van der Waals surface area contributed by atoms with Gasteiger partial charge in [-0.15, -0.1) is 0 Å². The van der Waals surface area contributed by atoms with Gasteiger partial charge < -0.3 is 15.5 Å². The third-order valence-corrected chi connectivity index (χ3v) is 9.49. The Kier molecular flexibility index (Phi) is 43.5. The Balaban J connectivity index is 3.56. The number of hydrogen-bond acceptors (Lipinski definition) is 3. The van der Waals surface area contributed by atoms with Crippen LogP contribution in [0.5, 0.6) is 0 Å². The van der Waals surface area contributed by atoms with Crippen LogP contribution < -0.4 is 5.32 Å². The number of aliphatic hydroxyl groups excluding tert-OH is 2. The minimum absolute atomic E-state index is 0.0545. The molecule has 4 nitrogen and oxygen atoms in total. The molecule has 0 aliphatic carbocycles. The fourth-order valence-electron chi connectivity index (χ4n) is 6.03. The number of aliphatic hydroxyl groups is 2. The van der Waals surface area contributed by atoms with E-state index in [4.69, 9.17) is 0 Å². The summed E-state index contributed by atoms with van der Waals surface area (Å²) in [4.78, 5) is 12.2. The molecule has 0 saturated heterocycles. The molecule has 2 atom stereocenters. The lowest BCUT2D eigenvalue weighted by Gasteiger charge is -2.22. The van der Waals surface area contributed by atoms with Crippen molar-refractivity contribution in [1.82, 2.24) is 5.32 Å². The van der Waals surface area contributed by atoms with Crippen molar-refractivity contribution in [1.29, 1.82) is 0 Å². The molecule has 0 aromatic carbocycles. The van der Waals surface area contributed by atoms with Crippen molar-refractivity contribution in [3.63, 3.8) is 0 Å². The number of hydrogen-bond donors (Lipinski definition) is 3. The Morgan fingerprint density at radius 2 is 0.786 bits per heavy atom. The van der Waals surface area contributed by atoms with Crippen LogP contribution in [-0.4, -0.2) is 34.9 Å². The van der Waals surface area contributed by atoms with E-state index < -0.39 is 12.1 Å². The van der Waals surface area contributed by atoms with Gasteiger partial charge in [-0.3, -0.25) is 4.79 Å². The molecule has 3 N–H and O–H groups in total. The molecule has 316 valence electrons. The lowest BCUT2D eigenvalue weighted by atomic mass is 10.0. The average molecular weight is 772 g/mol. The number of carbonyl (C=O) groups is 1. The summed E-state index contributed by atoms with van der Waals surface area (Å²) in [5.74, 6) is -0.0545. The number of carbonyl (C=O) groups excluding carboxylic acids is 1. The first-order chi connectivity index (χ1) is 27.7.